The van der Waals surface area contributed by atoms with E-state index in [9.17, 15) is 0 Å². The number of nitrogens with one attached hydrogen (secondary N) is 1. The molecule has 0 heterocycles. The first-order valence-corrected chi connectivity index (χ1v) is 8.03. The molecule has 0 radical (unpaired) electrons. The zero-order valence-corrected chi connectivity index (χ0v) is 13.6. The summed E-state index contributed by atoms with van der Waals surface area (Å²) in [5.74, 6) is 1.15. The van der Waals surface area contributed by atoms with Gasteiger partial charge in [-0.15, -0.1) is 0 Å². The van der Waals surface area contributed by atoms with Gasteiger partial charge in [0.15, 0.2) is 0 Å². The fourth-order valence-electron chi connectivity index (χ4n) is 2.53. The molecule has 0 spiro atoms. The molecule has 0 aliphatic rings. The second-order valence-electron chi connectivity index (χ2n) is 5.99. The van der Waals surface area contributed by atoms with Gasteiger partial charge < -0.3 is 5.32 Å². The van der Waals surface area contributed by atoms with Crippen LogP contribution in [0.3, 0.4) is 0 Å². The molecule has 0 bridgehead atoms. The van der Waals surface area contributed by atoms with Crippen LogP contribution in [0.2, 0.25) is 5.02 Å². The predicted octanol–water partition coefficient (Wildman–Crippen LogP) is 4.91. The first kappa shape index (κ1) is 16.1. The van der Waals surface area contributed by atoms with Crippen LogP contribution in [-0.2, 0) is 6.42 Å². The van der Waals surface area contributed by atoms with Crippen molar-refractivity contribution in [2.45, 2.75) is 26.2 Å². The zero-order chi connectivity index (χ0) is 15.1. The van der Waals surface area contributed by atoms with E-state index in [0.717, 1.165) is 24.5 Å². The smallest absolute Gasteiger partial charge is 0.0408 e. The summed E-state index contributed by atoms with van der Waals surface area (Å²) in [6.07, 6.45) is 1.01. The van der Waals surface area contributed by atoms with Crippen molar-refractivity contribution in [3.05, 3.63) is 70.7 Å². The fourth-order valence-corrected chi connectivity index (χ4v) is 2.74. The lowest BCUT2D eigenvalue weighted by atomic mass is 9.92. The standard InChI is InChI=1S/C19H24ClN/c1-15(2)13-21-14-18(17-8-4-3-5-9-17)11-16-7-6-10-19(20)12-16/h3-10,12,15,18,21H,11,13-14H2,1-2H3. The first-order valence-electron chi connectivity index (χ1n) is 7.65. The lowest BCUT2D eigenvalue weighted by molar-refractivity contribution is 0.514. The topological polar surface area (TPSA) is 12.0 Å². The SMILES string of the molecule is CC(C)CNCC(Cc1cccc(Cl)c1)c1ccccc1. The molecule has 1 unspecified atom stereocenters. The van der Waals surface area contributed by atoms with Gasteiger partial charge in [0.2, 0.25) is 0 Å². The van der Waals surface area contributed by atoms with Crippen molar-refractivity contribution >= 4 is 11.6 Å². The summed E-state index contributed by atoms with van der Waals surface area (Å²) in [6.45, 7) is 6.52. The van der Waals surface area contributed by atoms with Gasteiger partial charge in [-0.1, -0.05) is 67.9 Å². The Hall–Kier alpha value is -1.31. The van der Waals surface area contributed by atoms with Gasteiger partial charge >= 0.3 is 0 Å². The van der Waals surface area contributed by atoms with E-state index in [1.54, 1.807) is 0 Å². The molecule has 0 aromatic heterocycles. The third-order valence-corrected chi connectivity index (χ3v) is 3.82. The molecule has 21 heavy (non-hydrogen) atoms. The Morgan fingerprint density at radius 3 is 2.38 bits per heavy atom. The largest absolute Gasteiger partial charge is 0.316 e. The van der Waals surface area contributed by atoms with Crippen molar-refractivity contribution in [2.24, 2.45) is 5.92 Å². The van der Waals surface area contributed by atoms with Crippen LogP contribution in [0.15, 0.2) is 54.6 Å². The minimum atomic E-state index is 0.475. The van der Waals surface area contributed by atoms with E-state index in [4.69, 9.17) is 11.6 Å². The number of halogens is 1. The maximum absolute atomic E-state index is 6.10. The number of rotatable bonds is 7. The zero-order valence-electron chi connectivity index (χ0n) is 12.9. The average Bonchev–Trinajstić information content (AvgIpc) is 2.47. The van der Waals surface area contributed by atoms with Gasteiger partial charge in [-0.2, -0.15) is 0 Å². The van der Waals surface area contributed by atoms with Crippen molar-refractivity contribution in [3.63, 3.8) is 0 Å². The maximum atomic E-state index is 6.10. The highest BCUT2D eigenvalue weighted by Crippen LogP contribution is 2.22. The van der Waals surface area contributed by atoms with Crippen molar-refractivity contribution in [3.8, 4) is 0 Å². The van der Waals surface area contributed by atoms with E-state index in [-0.39, 0.29) is 0 Å². The van der Waals surface area contributed by atoms with E-state index in [2.05, 4.69) is 61.6 Å². The number of benzene rings is 2. The van der Waals surface area contributed by atoms with Crippen molar-refractivity contribution in [1.82, 2.24) is 5.32 Å². The molecule has 0 aliphatic carbocycles. The van der Waals surface area contributed by atoms with Crippen LogP contribution in [0.5, 0.6) is 0 Å². The van der Waals surface area contributed by atoms with Gasteiger partial charge in [0, 0.05) is 17.5 Å². The van der Waals surface area contributed by atoms with Crippen LogP contribution in [0.4, 0.5) is 0 Å². The Balaban J connectivity index is 2.08. The molecular formula is C19H24ClN. The second kappa shape index (κ2) is 8.21. The summed E-state index contributed by atoms with van der Waals surface area (Å²) in [4.78, 5) is 0. The Morgan fingerprint density at radius 2 is 1.71 bits per heavy atom. The summed E-state index contributed by atoms with van der Waals surface area (Å²) in [6, 6.07) is 18.9. The molecule has 0 saturated heterocycles. The van der Waals surface area contributed by atoms with Crippen LogP contribution in [0.1, 0.15) is 30.9 Å². The number of hydrogen-bond donors (Lipinski definition) is 1. The van der Waals surface area contributed by atoms with Crippen molar-refractivity contribution in [2.75, 3.05) is 13.1 Å². The second-order valence-corrected chi connectivity index (χ2v) is 6.43. The molecule has 2 aromatic carbocycles. The van der Waals surface area contributed by atoms with E-state index >= 15 is 0 Å². The van der Waals surface area contributed by atoms with Gasteiger partial charge in [-0.3, -0.25) is 0 Å². The highest BCUT2D eigenvalue weighted by atomic mass is 35.5. The molecule has 1 nitrogen and oxygen atoms in total. The van der Waals surface area contributed by atoms with Crippen LogP contribution < -0.4 is 5.32 Å². The van der Waals surface area contributed by atoms with Gasteiger partial charge in [-0.25, -0.2) is 0 Å². The van der Waals surface area contributed by atoms with E-state index < -0.39 is 0 Å². The molecule has 0 amide bonds. The third-order valence-electron chi connectivity index (χ3n) is 3.59. The third kappa shape index (κ3) is 5.53. The summed E-state index contributed by atoms with van der Waals surface area (Å²) < 4.78 is 0. The Labute approximate surface area is 133 Å². The average molecular weight is 302 g/mol. The minimum Gasteiger partial charge on any atom is -0.316 e. The lowest BCUT2D eigenvalue weighted by Crippen LogP contribution is -2.26. The minimum absolute atomic E-state index is 0.475. The van der Waals surface area contributed by atoms with Gasteiger partial charge in [-0.05, 0) is 42.1 Å². The fraction of sp³-hybridized carbons (Fsp3) is 0.368. The van der Waals surface area contributed by atoms with Crippen LogP contribution in [0, 0.1) is 5.92 Å². The summed E-state index contributed by atoms with van der Waals surface area (Å²) in [7, 11) is 0. The predicted molar refractivity (Wildman–Crippen MR) is 92.0 cm³/mol. The molecule has 2 rings (SSSR count). The molecule has 0 saturated carbocycles. The van der Waals surface area contributed by atoms with Gasteiger partial charge in [0.1, 0.15) is 0 Å². The summed E-state index contributed by atoms with van der Waals surface area (Å²) in [5.41, 5.74) is 2.68. The highest BCUT2D eigenvalue weighted by Gasteiger charge is 2.12. The molecular weight excluding hydrogens is 278 g/mol. The van der Waals surface area contributed by atoms with Crippen LogP contribution in [-0.4, -0.2) is 13.1 Å². The van der Waals surface area contributed by atoms with Crippen molar-refractivity contribution < 1.29 is 0 Å². The summed E-state index contributed by atoms with van der Waals surface area (Å²) >= 11 is 6.10. The van der Waals surface area contributed by atoms with Crippen LogP contribution in [0.25, 0.3) is 0 Å². The van der Waals surface area contributed by atoms with E-state index in [1.165, 1.54) is 11.1 Å². The lowest BCUT2D eigenvalue weighted by Gasteiger charge is -2.19. The normalized spacial score (nSPS) is 12.6. The highest BCUT2D eigenvalue weighted by molar-refractivity contribution is 6.30. The van der Waals surface area contributed by atoms with Gasteiger partial charge in [0.05, 0.1) is 0 Å². The molecule has 0 fully saturated rings. The quantitative estimate of drug-likeness (QED) is 0.766. The Bertz CT molecular complexity index is 536. The Morgan fingerprint density at radius 1 is 0.952 bits per heavy atom. The van der Waals surface area contributed by atoms with Gasteiger partial charge in [0.25, 0.3) is 0 Å². The summed E-state index contributed by atoms with van der Waals surface area (Å²) in [5, 5.41) is 4.40. The number of hydrogen-bond acceptors (Lipinski definition) is 1. The molecule has 0 aliphatic heterocycles. The van der Waals surface area contributed by atoms with E-state index in [0.29, 0.717) is 11.8 Å². The Kier molecular flexibility index (Phi) is 6.28. The molecule has 112 valence electrons. The molecule has 2 aromatic rings. The molecule has 1 N–H and O–H groups in total. The van der Waals surface area contributed by atoms with Crippen LogP contribution >= 0.6 is 11.6 Å². The van der Waals surface area contributed by atoms with Crippen molar-refractivity contribution in [1.29, 1.82) is 0 Å². The maximum Gasteiger partial charge on any atom is 0.0408 e. The molecule has 2 heteroatoms. The van der Waals surface area contributed by atoms with E-state index in [1.807, 2.05) is 12.1 Å². The monoisotopic (exact) mass is 301 g/mol. The molecule has 1 atom stereocenters. The first-order chi connectivity index (χ1) is 10.1.